The molecule has 0 radical (unpaired) electrons. The van der Waals surface area contributed by atoms with Crippen molar-refractivity contribution in [2.75, 3.05) is 12.4 Å². The molecule has 1 atom stereocenters. The maximum atomic E-state index is 12.3. The number of carbonyl (C=O) groups is 1. The van der Waals surface area contributed by atoms with Crippen molar-refractivity contribution in [3.63, 3.8) is 0 Å². The Kier molecular flexibility index (Phi) is 6.29. The molecule has 0 spiro atoms. The van der Waals surface area contributed by atoms with Crippen LogP contribution < -0.4 is 14.8 Å². The van der Waals surface area contributed by atoms with Crippen molar-refractivity contribution >= 4 is 44.8 Å². The van der Waals surface area contributed by atoms with Crippen molar-refractivity contribution in [2.45, 2.75) is 17.9 Å². The molecule has 134 valence electrons. The third-order valence-corrected chi connectivity index (χ3v) is 5.39. The van der Waals surface area contributed by atoms with Crippen LogP contribution in [0.1, 0.15) is 6.92 Å². The number of hydrogen-bond acceptors (Lipinski definition) is 4. The summed E-state index contributed by atoms with van der Waals surface area (Å²) in [6, 6.07) is 9.38. The molecule has 0 bridgehead atoms. The van der Waals surface area contributed by atoms with Crippen molar-refractivity contribution in [1.82, 2.24) is 4.72 Å². The summed E-state index contributed by atoms with van der Waals surface area (Å²) in [6.07, 6.45) is 0. The molecule has 2 rings (SSSR count). The minimum Gasteiger partial charge on any atom is -0.497 e. The van der Waals surface area contributed by atoms with Crippen LogP contribution in [0.25, 0.3) is 0 Å². The Labute approximate surface area is 156 Å². The van der Waals surface area contributed by atoms with Gasteiger partial charge in [-0.2, -0.15) is 4.72 Å². The van der Waals surface area contributed by atoms with Gasteiger partial charge in [-0.25, -0.2) is 8.42 Å². The van der Waals surface area contributed by atoms with Gasteiger partial charge in [-0.05, 0) is 49.4 Å². The number of nitrogens with one attached hydrogen (secondary N) is 2. The first-order chi connectivity index (χ1) is 11.7. The molecular formula is C16H16Cl2N2O4S. The second kappa shape index (κ2) is 8.05. The highest BCUT2D eigenvalue weighted by Gasteiger charge is 2.22. The average Bonchev–Trinajstić information content (AvgIpc) is 2.57. The Morgan fingerprint density at radius 3 is 2.32 bits per heavy atom. The van der Waals surface area contributed by atoms with Gasteiger partial charge in [0.2, 0.25) is 15.9 Å². The van der Waals surface area contributed by atoms with Crippen LogP contribution in [-0.2, 0) is 14.8 Å². The monoisotopic (exact) mass is 402 g/mol. The number of hydrogen-bond donors (Lipinski definition) is 2. The molecule has 0 saturated heterocycles. The summed E-state index contributed by atoms with van der Waals surface area (Å²) in [5.41, 5.74) is 0.339. The van der Waals surface area contributed by atoms with Gasteiger partial charge in [0.05, 0.1) is 28.8 Å². The van der Waals surface area contributed by atoms with Crippen LogP contribution in [0.2, 0.25) is 10.0 Å². The Balaban J connectivity index is 2.08. The molecule has 0 aliphatic rings. The van der Waals surface area contributed by atoms with E-state index < -0.39 is 22.0 Å². The van der Waals surface area contributed by atoms with Gasteiger partial charge < -0.3 is 10.1 Å². The van der Waals surface area contributed by atoms with Crippen LogP contribution in [0.4, 0.5) is 5.69 Å². The van der Waals surface area contributed by atoms with E-state index in [1.54, 1.807) is 6.07 Å². The number of ether oxygens (including phenoxy) is 1. The van der Waals surface area contributed by atoms with Gasteiger partial charge in [-0.1, -0.05) is 23.2 Å². The molecular weight excluding hydrogens is 387 g/mol. The number of rotatable bonds is 6. The first-order valence-electron chi connectivity index (χ1n) is 7.15. The fourth-order valence-electron chi connectivity index (χ4n) is 1.94. The fourth-order valence-corrected chi connectivity index (χ4v) is 3.60. The molecule has 0 heterocycles. The Morgan fingerprint density at radius 2 is 1.76 bits per heavy atom. The zero-order valence-corrected chi connectivity index (χ0v) is 15.7. The van der Waals surface area contributed by atoms with Crippen LogP contribution in [0.5, 0.6) is 5.75 Å². The lowest BCUT2D eigenvalue weighted by Gasteiger charge is -2.15. The number of anilines is 1. The maximum absolute atomic E-state index is 12.3. The van der Waals surface area contributed by atoms with Crippen LogP contribution in [0.3, 0.4) is 0 Å². The SMILES string of the molecule is COc1ccc(S(=O)(=O)NC(C)C(=O)Nc2ccc(Cl)cc2Cl)cc1. The lowest BCUT2D eigenvalue weighted by Crippen LogP contribution is -2.41. The van der Waals surface area contributed by atoms with Crippen LogP contribution in [0, 0.1) is 0 Å². The highest BCUT2D eigenvalue weighted by atomic mass is 35.5. The van der Waals surface area contributed by atoms with Crippen molar-refractivity contribution < 1.29 is 17.9 Å². The quantitative estimate of drug-likeness (QED) is 0.775. The van der Waals surface area contributed by atoms with Crippen LogP contribution >= 0.6 is 23.2 Å². The number of halogens is 2. The number of sulfonamides is 1. The molecule has 0 aliphatic carbocycles. The second-order valence-corrected chi connectivity index (χ2v) is 7.69. The number of benzene rings is 2. The van der Waals surface area contributed by atoms with Crippen molar-refractivity contribution in [2.24, 2.45) is 0 Å². The van der Waals surface area contributed by atoms with E-state index >= 15 is 0 Å². The molecule has 0 aliphatic heterocycles. The first kappa shape index (κ1) is 19.5. The summed E-state index contributed by atoms with van der Waals surface area (Å²) in [5.74, 6) is -0.0246. The third-order valence-electron chi connectivity index (χ3n) is 3.28. The molecule has 2 aromatic carbocycles. The fraction of sp³-hybridized carbons (Fsp3) is 0.188. The number of methoxy groups -OCH3 is 1. The molecule has 25 heavy (non-hydrogen) atoms. The van der Waals surface area contributed by atoms with Gasteiger partial charge in [-0.15, -0.1) is 0 Å². The van der Waals surface area contributed by atoms with Gasteiger partial charge in [0.15, 0.2) is 0 Å². The van der Waals surface area contributed by atoms with E-state index in [4.69, 9.17) is 27.9 Å². The molecule has 2 aromatic rings. The highest BCUT2D eigenvalue weighted by molar-refractivity contribution is 7.89. The van der Waals surface area contributed by atoms with Gasteiger partial charge in [0.1, 0.15) is 5.75 Å². The van der Waals surface area contributed by atoms with E-state index in [1.807, 2.05) is 0 Å². The van der Waals surface area contributed by atoms with E-state index in [1.165, 1.54) is 50.4 Å². The summed E-state index contributed by atoms with van der Waals surface area (Å²) in [5, 5.41) is 3.24. The molecule has 9 heteroatoms. The van der Waals surface area contributed by atoms with Crippen molar-refractivity contribution in [3.8, 4) is 5.75 Å². The molecule has 1 unspecified atom stereocenters. The lowest BCUT2D eigenvalue weighted by atomic mass is 10.3. The third kappa shape index (κ3) is 5.09. The summed E-state index contributed by atoms with van der Waals surface area (Å²) in [7, 11) is -2.38. The summed E-state index contributed by atoms with van der Waals surface area (Å²) >= 11 is 11.8. The van der Waals surface area contributed by atoms with Gasteiger partial charge >= 0.3 is 0 Å². The highest BCUT2D eigenvalue weighted by Crippen LogP contribution is 2.25. The zero-order valence-electron chi connectivity index (χ0n) is 13.4. The normalized spacial score (nSPS) is 12.5. The van der Waals surface area contributed by atoms with Crippen LogP contribution in [0.15, 0.2) is 47.4 Å². The molecule has 0 saturated carbocycles. The summed E-state index contributed by atoms with van der Waals surface area (Å²) < 4.78 is 32.0. The summed E-state index contributed by atoms with van der Waals surface area (Å²) in [6.45, 7) is 1.43. The standard InChI is InChI=1S/C16H16Cl2N2O4S/c1-10(16(21)19-15-8-3-11(17)9-14(15)18)20-25(22,23)13-6-4-12(24-2)5-7-13/h3-10,20H,1-2H3,(H,19,21). The molecule has 0 aromatic heterocycles. The minimum absolute atomic E-state index is 0.0254. The minimum atomic E-state index is -3.86. The second-order valence-electron chi connectivity index (χ2n) is 5.13. The number of amides is 1. The number of carbonyl (C=O) groups excluding carboxylic acids is 1. The Bertz CT molecular complexity index is 870. The van der Waals surface area contributed by atoms with E-state index in [2.05, 4.69) is 10.0 Å². The van der Waals surface area contributed by atoms with E-state index in [-0.39, 0.29) is 9.92 Å². The van der Waals surface area contributed by atoms with E-state index in [0.29, 0.717) is 16.5 Å². The van der Waals surface area contributed by atoms with Gasteiger partial charge in [0, 0.05) is 5.02 Å². The average molecular weight is 403 g/mol. The molecule has 0 fully saturated rings. The Hall–Kier alpha value is -1.80. The van der Waals surface area contributed by atoms with E-state index in [0.717, 1.165) is 0 Å². The zero-order chi connectivity index (χ0) is 18.6. The lowest BCUT2D eigenvalue weighted by molar-refractivity contribution is -0.117. The van der Waals surface area contributed by atoms with Gasteiger partial charge in [-0.3, -0.25) is 4.79 Å². The molecule has 6 nitrogen and oxygen atoms in total. The van der Waals surface area contributed by atoms with Crippen molar-refractivity contribution in [3.05, 3.63) is 52.5 Å². The first-order valence-corrected chi connectivity index (χ1v) is 9.39. The largest absolute Gasteiger partial charge is 0.497 e. The Morgan fingerprint density at radius 1 is 1.12 bits per heavy atom. The van der Waals surface area contributed by atoms with Gasteiger partial charge in [0.25, 0.3) is 0 Å². The van der Waals surface area contributed by atoms with Crippen molar-refractivity contribution in [1.29, 1.82) is 0 Å². The maximum Gasteiger partial charge on any atom is 0.242 e. The smallest absolute Gasteiger partial charge is 0.242 e. The predicted molar refractivity (Wildman–Crippen MR) is 97.9 cm³/mol. The topological polar surface area (TPSA) is 84.5 Å². The summed E-state index contributed by atoms with van der Waals surface area (Å²) in [4.78, 5) is 12.2. The predicted octanol–water partition coefficient (Wildman–Crippen LogP) is 3.31. The van der Waals surface area contributed by atoms with Crippen LogP contribution in [-0.4, -0.2) is 27.5 Å². The molecule has 2 N–H and O–H groups in total. The molecule has 1 amide bonds. The van der Waals surface area contributed by atoms with E-state index in [9.17, 15) is 13.2 Å².